The van der Waals surface area contributed by atoms with Crippen molar-refractivity contribution in [3.63, 3.8) is 0 Å². The molecule has 6 heteroatoms. The third kappa shape index (κ3) is 3.65. The molecule has 1 atom stereocenters. The first kappa shape index (κ1) is 17.2. The van der Waals surface area contributed by atoms with Crippen LogP contribution in [0.3, 0.4) is 0 Å². The molecule has 26 heavy (non-hydrogen) atoms. The normalized spacial score (nSPS) is 19.3. The molecule has 2 heterocycles. The van der Waals surface area contributed by atoms with E-state index in [0.717, 1.165) is 29.1 Å². The van der Waals surface area contributed by atoms with Gasteiger partial charge in [0.15, 0.2) is 11.5 Å². The van der Waals surface area contributed by atoms with Crippen molar-refractivity contribution >= 4 is 17.7 Å². The molecule has 2 aromatic carbocycles. The molecule has 2 aliphatic heterocycles. The number of ether oxygens (including phenoxy) is 2. The molecule has 136 valence electrons. The average Bonchev–Trinajstić information content (AvgIpc) is 2.97. The molecule has 0 spiro atoms. The van der Waals surface area contributed by atoms with Crippen molar-refractivity contribution in [3.8, 4) is 11.5 Å². The van der Waals surface area contributed by atoms with Crippen LogP contribution in [0.4, 0.5) is 4.39 Å². The van der Waals surface area contributed by atoms with Crippen molar-refractivity contribution in [2.24, 2.45) is 0 Å². The van der Waals surface area contributed by atoms with Gasteiger partial charge in [0.2, 0.25) is 12.7 Å². The van der Waals surface area contributed by atoms with Crippen LogP contribution >= 0.6 is 11.8 Å². The van der Waals surface area contributed by atoms with Gasteiger partial charge in [0.05, 0.1) is 6.42 Å². The zero-order valence-corrected chi connectivity index (χ0v) is 15.1. The number of nitrogens with zero attached hydrogens (tertiary/aromatic N) is 1. The monoisotopic (exact) mass is 373 g/mol. The van der Waals surface area contributed by atoms with E-state index in [1.807, 2.05) is 35.2 Å². The van der Waals surface area contributed by atoms with E-state index in [1.54, 1.807) is 17.8 Å². The second-order valence-corrected chi connectivity index (χ2v) is 7.73. The molecular formula is C20H20FNO3S. The highest BCUT2D eigenvalue weighted by atomic mass is 32.2. The number of rotatable bonds is 3. The molecule has 2 aromatic rings. The van der Waals surface area contributed by atoms with E-state index in [2.05, 4.69) is 0 Å². The highest BCUT2D eigenvalue weighted by molar-refractivity contribution is 7.99. The maximum atomic E-state index is 14.0. The minimum atomic E-state index is -0.162. The largest absolute Gasteiger partial charge is 0.454 e. The van der Waals surface area contributed by atoms with E-state index in [1.165, 1.54) is 6.07 Å². The number of hydrogen-bond donors (Lipinski definition) is 0. The minimum absolute atomic E-state index is 0.0960. The molecule has 1 unspecified atom stereocenters. The van der Waals surface area contributed by atoms with Gasteiger partial charge >= 0.3 is 0 Å². The third-order valence-corrected chi connectivity index (χ3v) is 6.05. The van der Waals surface area contributed by atoms with Gasteiger partial charge in [-0.3, -0.25) is 4.79 Å². The molecule has 0 aromatic heterocycles. The lowest BCUT2D eigenvalue weighted by molar-refractivity contribution is -0.130. The molecule has 4 rings (SSSR count). The van der Waals surface area contributed by atoms with E-state index >= 15 is 0 Å². The fourth-order valence-corrected chi connectivity index (χ4v) is 4.59. The predicted molar refractivity (Wildman–Crippen MR) is 99.1 cm³/mol. The van der Waals surface area contributed by atoms with Gasteiger partial charge in [-0.25, -0.2) is 4.39 Å². The number of benzene rings is 2. The smallest absolute Gasteiger partial charge is 0.231 e. The molecular weight excluding hydrogens is 353 g/mol. The Bertz CT molecular complexity index is 813. The number of carbonyl (C=O) groups is 1. The minimum Gasteiger partial charge on any atom is -0.454 e. The summed E-state index contributed by atoms with van der Waals surface area (Å²) in [5.41, 5.74) is 1.66. The maximum absolute atomic E-state index is 14.0. The van der Waals surface area contributed by atoms with Crippen LogP contribution in [0.1, 0.15) is 22.8 Å². The van der Waals surface area contributed by atoms with E-state index in [4.69, 9.17) is 9.47 Å². The number of fused-ring (bicyclic) bond motifs is 1. The number of hydrogen-bond acceptors (Lipinski definition) is 4. The van der Waals surface area contributed by atoms with E-state index in [9.17, 15) is 9.18 Å². The van der Waals surface area contributed by atoms with Crippen molar-refractivity contribution in [2.75, 3.05) is 25.6 Å². The van der Waals surface area contributed by atoms with Gasteiger partial charge in [0.25, 0.3) is 0 Å². The molecule has 2 aliphatic rings. The Morgan fingerprint density at radius 2 is 2.00 bits per heavy atom. The molecule has 1 fully saturated rings. The lowest BCUT2D eigenvalue weighted by Crippen LogP contribution is -2.34. The number of halogens is 1. The quantitative estimate of drug-likeness (QED) is 0.820. The van der Waals surface area contributed by atoms with Crippen LogP contribution < -0.4 is 9.47 Å². The summed E-state index contributed by atoms with van der Waals surface area (Å²) in [6.07, 6.45) is 1.10. The van der Waals surface area contributed by atoms with E-state index in [0.29, 0.717) is 25.3 Å². The summed E-state index contributed by atoms with van der Waals surface area (Å²) in [5.74, 6) is 2.16. The second kappa shape index (κ2) is 7.58. The van der Waals surface area contributed by atoms with Gasteiger partial charge in [-0.15, -0.1) is 0 Å². The summed E-state index contributed by atoms with van der Waals surface area (Å²) >= 11 is 1.72. The van der Waals surface area contributed by atoms with Crippen molar-refractivity contribution < 1.29 is 18.7 Å². The van der Waals surface area contributed by atoms with Crippen molar-refractivity contribution in [1.29, 1.82) is 0 Å². The number of thioether (sulfide) groups is 1. The van der Waals surface area contributed by atoms with Crippen LogP contribution in [0, 0.1) is 5.82 Å². The standard InChI is InChI=1S/C20H20FNO3S/c21-16-4-2-1-3-15(16)19-7-8-22(9-10-26-19)20(23)12-14-5-6-17-18(11-14)25-13-24-17/h1-6,11,19H,7-10,12-13H2. The van der Waals surface area contributed by atoms with Gasteiger partial charge < -0.3 is 14.4 Å². The summed E-state index contributed by atoms with van der Waals surface area (Å²) < 4.78 is 24.7. The summed E-state index contributed by atoms with van der Waals surface area (Å²) in [6.45, 7) is 1.57. The highest BCUT2D eigenvalue weighted by Crippen LogP contribution is 2.36. The van der Waals surface area contributed by atoms with Gasteiger partial charge in [-0.1, -0.05) is 24.3 Å². The lowest BCUT2D eigenvalue weighted by Gasteiger charge is -2.20. The maximum Gasteiger partial charge on any atom is 0.231 e. The fourth-order valence-electron chi connectivity index (χ4n) is 3.34. The first-order valence-electron chi connectivity index (χ1n) is 8.73. The summed E-state index contributed by atoms with van der Waals surface area (Å²) in [6, 6.07) is 12.5. The molecule has 0 bridgehead atoms. The molecule has 4 nitrogen and oxygen atoms in total. The number of carbonyl (C=O) groups excluding carboxylic acids is 1. The third-order valence-electron chi connectivity index (χ3n) is 4.74. The zero-order valence-electron chi connectivity index (χ0n) is 14.3. The Hall–Kier alpha value is -2.21. The first-order chi connectivity index (χ1) is 12.7. The summed E-state index contributed by atoms with van der Waals surface area (Å²) in [5, 5.41) is 0.0968. The predicted octanol–water partition coefficient (Wildman–Crippen LogP) is 3.80. The van der Waals surface area contributed by atoms with Crippen molar-refractivity contribution in [3.05, 3.63) is 59.4 Å². The Morgan fingerprint density at radius 1 is 1.15 bits per heavy atom. The Kier molecular flexibility index (Phi) is 5.02. The summed E-state index contributed by atoms with van der Waals surface area (Å²) in [4.78, 5) is 14.6. The van der Waals surface area contributed by atoms with Crippen LogP contribution in [0.25, 0.3) is 0 Å². The van der Waals surface area contributed by atoms with Gasteiger partial charge in [0.1, 0.15) is 5.82 Å². The highest BCUT2D eigenvalue weighted by Gasteiger charge is 2.24. The molecule has 0 aliphatic carbocycles. The molecule has 0 N–H and O–H groups in total. The summed E-state index contributed by atoms with van der Waals surface area (Å²) in [7, 11) is 0. The SMILES string of the molecule is O=C(Cc1ccc2c(c1)OCO2)N1CCSC(c2ccccc2F)CC1. The van der Waals surface area contributed by atoms with Crippen molar-refractivity contribution in [2.45, 2.75) is 18.1 Å². The molecule has 0 radical (unpaired) electrons. The average molecular weight is 373 g/mol. The zero-order chi connectivity index (χ0) is 17.9. The number of amides is 1. The van der Waals surface area contributed by atoms with Gasteiger partial charge in [-0.2, -0.15) is 11.8 Å². The van der Waals surface area contributed by atoms with Crippen molar-refractivity contribution in [1.82, 2.24) is 4.90 Å². The molecule has 0 saturated carbocycles. The molecule has 1 saturated heterocycles. The Morgan fingerprint density at radius 3 is 2.88 bits per heavy atom. The van der Waals surface area contributed by atoms with Crippen LogP contribution in [-0.2, 0) is 11.2 Å². The van der Waals surface area contributed by atoms with Crippen LogP contribution in [0.15, 0.2) is 42.5 Å². The van der Waals surface area contributed by atoms with Crippen LogP contribution in [0.2, 0.25) is 0 Å². The van der Waals surface area contributed by atoms with Gasteiger partial charge in [-0.05, 0) is 30.2 Å². The Balaban J connectivity index is 1.39. The van der Waals surface area contributed by atoms with Crippen LogP contribution in [0.5, 0.6) is 11.5 Å². The van der Waals surface area contributed by atoms with E-state index in [-0.39, 0.29) is 23.8 Å². The second-order valence-electron chi connectivity index (χ2n) is 6.41. The topological polar surface area (TPSA) is 38.8 Å². The molecule has 1 amide bonds. The first-order valence-corrected chi connectivity index (χ1v) is 9.78. The van der Waals surface area contributed by atoms with Gasteiger partial charge in [0, 0.05) is 29.7 Å². The fraction of sp³-hybridized carbons (Fsp3) is 0.350. The van der Waals surface area contributed by atoms with Crippen LogP contribution in [-0.4, -0.2) is 36.4 Å². The van der Waals surface area contributed by atoms with E-state index < -0.39 is 0 Å². The Labute approximate surface area is 156 Å². The lowest BCUT2D eigenvalue weighted by atomic mass is 10.1.